The molecule has 0 spiro atoms. The summed E-state index contributed by atoms with van der Waals surface area (Å²) in [5, 5.41) is 4.56. The van der Waals surface area contributed by atoms with Gasteiger partial charge in [0.05, 0.1) is 29.5 Å². The van der Waals surface area contributed by atoms with Crippen molar-refractivity contribution < 1.29 is 21.6 Å². The number of hydrogen-bond donors (Lipinski definition) is 1. The molecule has 0 radical (unpaired) electrons. The largest absolute Gasteiger partial charge is 0.497 e. The predicted molar refractivity (Wildman–Crippen MR) is 137 cm³/mol. The van der Waals surface area contributed by atoms with Crippen LogP contribution < -0.4 is 9.46 Å². The SMILES string of the molecule is CCS(=O)(=O)Nc1cccc(C2=NN(S(=O)(=O)c3ccccc3C)[C@@H](c3ccc(OC)cc3)C2)c1. The van der Waals surface area contributed by atoms with Crippen LogP contribution in [0, 0.1) is 6.92 Å². The van der Waals surface area contributed by atoms with Crippen molar-refractivity contribution in [1.29, 1.82) is 0 Å². The molecule has 4 rings (SSSR count). The summed E-state index contributed by atoms with van der Waals surface area (Å²) in [7, 11) is -5.85. The molecule has 184 valence electrons. The molecular formula is C25H27N3O5S2. The van der Waals surface area contributed by atoms with Crippen LogP contribution in [0.2, 0.25) is 0 Å². The van der Waals surface area contributed by atoms with Crippen LogP contribution in [0.4, 0.5) is 5.69 Å². The minimum atomic E-state index is -3.96. The maximum Gasteiger partial charge on any atom is 0.279 e. The van der Waals surface area contributed by atoms with E-state index in [-0.39, 0.29) is 10.6 Å². The van der Waals surface area contributed by atoms with Crippen LogP contribution >= 0.6 is 0 Å². The van der Waals surface area contributed by atoms with Crippen LogP contribution in [-0.2, 0) is 20.0 Å². The molecule has 0 saturated carbocycles. The Morgan fingerprint density at radius 2 is 1.71 bits per heavy atom. The van der Waals surface area contributed by atoms with Gasteiger partial charge in [0.15, 0.2) is 0 Å². The van der Waals surface area contributed by atoms with Crippen LogP contribution in [0.3, 0.4) is 0 Å². The molecule has 1 atom stereocenters. The molecule has 0 bridgehead atoms. The zero-order valence-electron chi connectivity index (χ0n) is 19.7. The maximum absolute atomic E-state index is 13.7. The molecule has 1 aliphatic rings. The highest BCUT2D eigenvalue weighted by molar-refractivity contribution is 7.92. The molecule has 1 heterocycles. The van der Waals surface area contributed by atoms with Crippen molar-refractivity contribution in [3.05, 3.63) is 89.5 Å². The molecule has 0 saturated heterocycles. The summed E-state index contributed by atoms with van der Waals surface area (Å²) in [6, 6.07) is 20.3. The first-order valence-electron chi connectivity index (χ1n) is 11.1. The van der Waals surface area contributed by atoms with E-state index < -0.39 is 26.1 Å². The lowest BCUT2D eigenvalue weighted by Gasteiger charge is -2.24. The van der Waals surface area contributed by atoms with Crippen LogP contribution in [0.5, 0.6) is 5.75 Å². The van der Waals surface area contributed by atoms with Gasteiger partial charge in [-0.3, -0.25) is 4.72 Å². The molecule has 1 aliphatic heterocycles. The highest BCUT2D eigenvalue weighted by atomic mass is 32.2. The number of anilines is 1. The van der Waals surface area contributed by atoms with Gasteiger partial charge in [-0.15, -0.1) is 0 Å². The standard InChI is InChI=1S/C25H27N3O5S2/c1-4-34(29,30)27-21-10-7-9-20(16-21)23-17-24(19-12-14-22(33-3)15-13-19)28(26-23)35(31,32)25-11-6-5-8-18(25)2/h5-16,24,27H,4,17H2,1-3H3/t24-/m1/s1. The van der Waals surface area contributed by atoms with Gasteiger partial charge < -0.3 is 4.74 Å². The third-order valence-corrected chi connectivity index (χ3v) is 8.99. The van der Waals surface area contributed by atoms with Crippen molar-refractivity contribution >= 4 is 31.4 Å². The second-order valence-corrected chi connectivity index (χ2v) is 11.9. The van der Waals surface area contributed by atoms with Gasteiger partial charge >= 0.3 is 0 Å². The molecule has 35 heavy (non-hydrogen) atoms. The van der Waals surface area contributed by atoms with E-state index in [4.69, 9.17) is 4.74 Å². The predicted octanol–water partition coefficient (Wildman–Crippen LogP) is 4.31. The van der Waals surface area contributed by atoms with Gasteiger partial charge in [-0.1, -0.05) is 42.5 Å². The Morgan fingerprint density at radius 1 is 1.00 bits per heavy atom. The Hall–Kier alpha value is -3.37. The van der Waals surface area contributed by atoms with Gasteiger partial charge in [0.1, 0.15) is 5.75 Å². The van der Waals surface area contributed by atoms with Gasteiger partial charge in [-0.2, -0.15) is 17.9 Å². The van der Waals surface area contributed by atoms with Gasteiger partial charge in [0.25, 0.3) is 10.0 Å². The lowest BCUT2D eigenvalue weighted by Crippen LogP contribution is -2.27. The number of ether oxygens (including phenoxy) is 1. The molecule has 8 nitrogen and oxygen atoms in total. The van der Waals surface area contributed by atoms with Gasteiger partial charge in [0, 0.05) is 12.1 Å². The fourth-order valence-electron chi connectivity index (χ4n) is 3.92. The van der Waals surface area contributed by atoms with Crippen molar-refractivity contribution in [2.24, 2.45) is 5.10 Å². The van der Waals surface area contributed by atoms with E-state index in [0.717, 1.165) is 9.98 Å². The van der Waals surface area contributed by atoms with E-state index >= 15 is 0 Å². The summed E-state index contributed by atoms with van der Waals surface area (Å²) in [6.45, 7) is 3.31. The van der Waals surface area contributed by atoms with Crippen LogP contribution in [0.25, 0.3) is 0 Å². The number of nitrogens with zero attached hydrogens (tertiary/aromatic N) is 2. The molecule has 10 heteroatoms. The number of hydrogen-bond acceptors (Lipinski definition) is 6. The average molecular weight is 514 g/mol. The lowest BCUT2D eigenvalue weighted by molar-refractivity contribution is 0.370. The molecule has 0 unspecified atom stereocenters. The summed E-state index contributed by atoms with van der Waals surface area (Å²) < 4.78 is 60.5. The van der Waals surface area contributed by atoms with E-state index in [1.165, 1.54) is 0 Å². The Bertz CT molecular complexity index is 1470. The van der Waals surface area contributed by atoms with Crippen LogP contribution in [0.15, 0.2) is 82.8 Å². The number of sulfonamides is 2. The fourth-order valence-corrected chi connectivity index (χ4v) is 6.21. The Labute approximate surface area is 206 Å². The Morgan fingerprint density at radius 3 is 2.37 bits per heavy atom. The zero-order valence-corrected chi connectivity index (χ0v) is 21.3. The van der Waals surface area contributed by atoms with Crippen molar-refractivity contribution in [2.75, 3.05) is 17.6 Å². The highest BCUT2D eigenvalue weighted by Crippen LogP contribution is 2.38. The fraction of sp³-hybridized carbons (Fsp3) is 0.240. The second-order valence-electron chi connectivity index (χ2n) is 8.17. The minimum Gasteiger partial charge on any atom is -0.497 e. The van der Waals surface area contributed by atoms with Crippen molar-refractivity contribution in [1.82, 2.24) is 4.41 Å². The Balaban J connectivity index is 1.78. The zero-order chi connectivity index (χ0) is 25.2. The molecule has 3 aromatic rings. The van der Waals surface area contributed by atoms with Gasteiger partial charge in [-0.05, 0) is 60.9 Å². The van der Waals surface area contributed by atoms with E-state index in [2.05, 4.69) is 9.82 Å². The van der Waals surface area contributed by atoms with E-state index in [9.17, 15) is 16.8 Å². The first kappa shape index (κ1) is 24.7. The number of aryl methyl sites for hydroxylation is 1. The van der Waals surface area contributed by atoms with E-state index in [1.54, 1.807) is 81.6 Å². The molecule has 0 aromatic heterocycles. The quantitative estimate of drug-likeness (QED) is 0.483. The number of rotatable bonds is 8. The molecule has 3 aromatic carbocycles. The molecule has 1 N–H and O–H groups in total. The third-order valence-electron chi connectivity index (χ3n) is 5.84. The number of benzene rings is 3. The Kier molecular flexibility index (Phi) is 6.86. The molecular weight excluding hydrogens is 486 g/mol. The van der Waals surface area contributed by atoms with Crippen LogP contribution in [-0.4, -0.2) is 39.8 Å². The topological polar surface area (TPSA) is 105 Å². The van der Waals surface area contributed by atoms with Gasteiger partial charge in [-0.25, -0.2) is 8.42 Å². The summed E-state index contributed by atoms with van der Waals surface area (Å²) in [4.78, 5) is 0.188. The van der Waals surface area contributed by atoms with Crippen molar-refractivity contribution in [2.45, 2.75) is 31.2 Å². The average Bonchev–Trinajstić information content (AvgIpc) is 3.31. The lowest BCUT2D eigenvalue weighted by atomic mass is 9.99. The number of hydrazone groups is 1. The van der Waals surface area contributed by atoms with Crippen molar-refractivity contribution in [3.63, 3.8) is 0 Å². The van der Waals surface area contributed by atoms with Crippen molar-refractivity contribution in [3.8, 4) is 5.75 Å². The first-order valence-corrected chi connectivity index (χ1v) is 14.2. The number of nitrogens with one attached hydrogen (secondary N) is 1. The summed E-state index contributed by atoms with van der Waals surface area (Å²) in [5.41, 5.74) is 2.97. The van der Waals surface area contributed by atoms with E-state index in [1.807, 2.05) is 12.1 Å². The normalized spacial score (nSPS) is 16.1. The van der Waals surface area contributed by atoms with Gasteiger partial charge in [0.2, 0.25) is 10.0 Å². The first-order chi connectivity index (χ1) is 16.6. The summed E-state index contributed by atoms with van der Waals surface area (Å²) >= 11 is 0. The monoisotopic (exact) mass is 513 g/mol. The molecule has 0 aliphatic carbocycles. The number of methoxy groups -OCH3 is 1. The van der Waals surface area contributed by atoms with Crippen LogP contribution in [0.1, 0.15) is 36.1 Å². The third kappa shape index (κ3) is 5.18. The summed E-state index contributed by atoms with van der Waals surface area (Å²) in [5.74, 6) is 0.609. The summed E-state index contributed by atoms with van der Waals surface area (Å²) in [6.07, 6.45) is 0.321. The minimum absolute atomic E-state index is 0.0554. The smallest absolute Gasteiger partial charge is 0.279 e. The van der Waals surface area contributed by atoms with E-state index in [0.29, 0.717) is 34.7 Å². The maximum atomic E-state index is 13.7. The molecule has 0 amide bonds. The molecule has 0 fully saturated rings. The highest BCUT2D eigenvalue weighted by Gasteiger charge is 2.38. The second kappa shape index (κ2) is 9.71.